The van der Waals surface area contributed by atoms with Crippen LogP contribution in [0, 0.1) is 0 Å². The fourth-order valence-electron chi connectivity index (χ4n) is 1.40. The average molecular weight is 199 g/mol. The molecule has 1 aromatic carbocycles. The first kappa shape index (κ1) is 9.40. The molecule has 1 heterocycles. The first-order valence-electron chi connectivity index (χ1n) is 4.55. The first-order chi connectivity index (χ1) is 7.31. The van der Waals surface area contributed by atoms with Crippen LogP contribution >= 0.6 is 0 Å². The summed E-state index contributed by atoms with van der Waals surface area (Å²) in [6.45, 7) is 0. The van der Waals surface area contributed by atoms with E-state index in [-0.39, 0.29) is 5.56 Å². The maximum Gasteiger partial charge on any atom is 0.256 e. The molecule has 2 rings (SSSR count). The van der Waals surface area contributed by atoms with Crippen LogP contribution in [-0.4, -0.2) is 11.3 Å². The Balaban J connectivity index is 2.56. The lowest BCUT2D eigenvalue weighted by molar-refractivity contribution is 0.111. The Morgan fingerprint density at radius 1 is 1.00 bits per heavy atom. The van der Waals surface area contributed by atoms with Gasteiger partial charge in [0, 0.05) is 5.56 Å². The highest BCUT2D eigenvalue weighted by Gasteiger charge is 2.02. The monoisotopic (exact) mass is 199 g/mol. The van der Waals surface area contributed by atoms with Crippen LogP contribution in [0.25, 0.3) is 11.1 Å². The Labute approximate surface area is 86.4 Å². The molecule has 0 bridgehead atoms. The summed E-state index contributed by atoms with van der Waals surface area (Å²) in [6.07, 6.45) is 0.621. The van der Waals surface area contributed by atoms with Gasteiger partial charge < -0.3 is 4.98 Å². The zero-order valence-electron chi connectivity index (χ0n) is 7.94. The molecule has 0 aliphatic heterocycles. The van der Waals surface area contributed by atoms with E-state index in [0.29, 0.717) is 17.5 Å². The lowest BCUT2D eigenvalue weighted by atomic mass is 10.1. The molecule has 0 aliphatic rings. The van der Waals surface area contributed by atoms with Crippen LogP contribution in [0.4, 0.5) is 0 Å². The number of benzene rings is 1. The molecule has 1 N–H and O–H groups in total. The number of nitrogens with one attached hydrogen (secondary N) is 1. The Morgan fingerprint density at radius 3 is 2.33 bits per heavy atom. The Morgan fingerprint density at radius 2 is 1.73 bits per heavy atom. The number of aldehydes is 1. The molecule has 3 nitrogen and oxygen atoms in total. The third-order valence-corrected chi connectivity index (χ3v) is 2.14. The predicted octanol–water partition coefficient (Wildman–Crippen LogP) is 1.85. The highest BCUT2D eigenvalue weighted by atomic mass is 16.1. The van der Waals surface area contributed by atoms with Crippen LogP contribution in [0.1, 0.15) is 10.5 Å². The molecule has 0 aliphatic carbocycles. The van der Waals surface area contributed by atoms with E-state index >= 15 is 0 Å². The van der Waals surface area contributed by atoms with Crippen molar-refractivity contribution in [2.45, 2.75) is 0 Å². The largest absolute Gasteiger partial charge is 0.319 e. The summed E-state index contributed by atoms with van der Waals surface area (Å²) in [7, 11) is 0. The van der Waals surface area contributed by atoms with E-state index in [0.717, 1.165) is 5.56 Å². The summed E-state index contributed by atoms with van der Waals surface area (Å²) in [5, 5.41) is 0. The predicted molar refractivity (Wildman–Crippen MR) is 57.9 cm³/mol. The van der Waals surface area contributed by atoms with E-state index in [4.69, 9.17) is 0 Å². The van der Waals surface area contributed by atoms with Gasteiger partial charge in [-0.05, 0) is 17.7 Å². The molecule has 0 amide bonds. The van der Waals surface area contributed by atoms with Crippen molar-refractivity contribution in [2.24, 2.45) is 0 Å². The van der Waals surface area contributed by atoms with E-state index in [2.05, 4.69) is 4.98 Å². The van der Waals surface area contributed by atoms with Crippen LogP contribution in [0.5, 0.6) is 0 Å². The number of H-pyrrole nitrogens is 1. The molecule has 74 valence electrons. The summed E-state index contributed by atoms with van der Waals surface area (Å²) in [5.74, 6) is 0. The van der Waals surface area contributed by atoms with Crippen LogP contribution in [0.3, 0.4) is 0 Å². The lowest BCUT2D eigenvalue weighted by Crippen LogP contribution is -2.10. The van der Waals surface area contributed by atoms with Crippen molar-refractivity contribution >= 4 is 6.29 Å². The minimum absolute atomic E-state index is 0.245. The Hall–Kier alpha value is -2.16. The van der Waals surface area contributed by atoms with Crippen LogP contribution in [0.2, 0.25) is 0 Å². The zero-order chi connectivity index (χ0) is 10.7. The summed E-state index contributed by atoms with van der Waals surface area (Å²) in [6, 6.07) is 12.6. The fraction of sp³-hybridized carbons (Fsp3) is 0. The van der Waals surface area contributed by atoms with Crippen molar-refractivity contribution in [2.75, 3.05) is 0 Å². The van der Waals surface area contributed by atoms with E-state index in [1.54, 1.807) is 12.1 Å². The van der Waals surface area contributed by atoms with Crippen LogP contribution in [0.15, 0.2) is 47.3 Å². The number of rotatable bonds is 2. The molecule has 2 aromatic rings. The molecule has 0 spiro atoms. The molecule has 15 heavy (non-hydrogen) atoms. The van der Waals surface area contributed by atoms with Gasteiger partial charge in [-0.1, -0.05) is 30.3 Å². The van der Waals surface area contributed by atoms with Gasteiger partial charge in [-0.2, -0.15) is 0 Å². The first-order valence-corrected chi connectivity index (χ1v) is 4.55. The Kier molecular flexibility index (Phi) is 2.46. The summed E-state index contributed by atoms with van der Waals surface area (Å²) < 4.78 is 0. The molecular weight excluding hydrogens is 190 g/mol. The second-order valence-electron chi connectivity index (χ2n) is 3.14. The smallest absolute Gasteiger partial charge is 0.256 e. The molecule has 1 aromatic heterocycles. The molecule has 3 heteroatoms. The lowest BCUT2D eigenvalue weighted by Gasteiger charge is -1.99. The van der Waals surface area contributed by atoms with Crippen LogP contribution < -0.4 is 5.56 Å². The summed E-state index contributed by atoms with van der Waals surface area (Å²) >= 11 is 0. The minimum Gasteiger partial charge on any atom is -0.319 e. The third-order valence-electron chi connectivity index (χ3n) is 2.14. The van der Waals surface area contributed by atoms with Crippen molar-refractivity contribution in [3.05, 3.63) is 58.5 Å². The number of carbonyl (C=O) groups excluding carboxylic acids is 1. The van der Waals surface area contributed by atoms with Gasteiger partial charge in [0.05, 0.1) is 5.69 Å². The van der Waals surface area contributed by atoms with Gasteiger partial charge in [0.2, 0.25) is 0 Å². The van der Waals surface area contributed by atoms with Crippen molar-refractivity contribution in [3.63, 3.8) is 0 Å². The quantitative estimate of drug-likeness (QED) is 0.750. The molecule has 0 saturated carbocycles. The van der Waals surface area contributed by atoms with E-state index < -0.39 is 0 Å². The van der Waals surface area contributed by atoms with Crippen molar-refractivity contribution in [1.29, 1.82) is 0 Å². The zero-order valence-corrected chi connectivity index (χ0v) is 7.94. The number of hydrogen-bond donors (Lipinski definition) is 1. The van der Waals surface area contributed by atoms with Gasteiger partial charge >= 0.3 is 0 Å². The molecule has 0 fully saturated rings. The van der Waals surface area contributed by atoms with Crippen molar-refractivity contribution in [1.82, 2.24) is 4.98 Å². The van der Waals surface area contributed by atoms with E-state index in [9.17, 15) is 9.59 Å². The van der Waals surface area contributed by atoms with Crippen molar-refractivity contribution < 1.29 is 4.79 Å². The van der Waals surface area contributed by atoms with Gasteiger partial charge in [-0.15, -0.1) is 0 Å². The number of pyridine rings is 1. The average Bonchev–Trinajstić information content (AvgIpc) is 2.30. The minimum atomic E-state index is -0.245. The van der Waals surface area contributed by atoms with E-state index in [1.165, 1.54) is 0 Å². The number of carbonyl (C=O) groups is 1. The van der Waals surface area contributed by atoms with E-state index in [1.807, 2.05) is 30.3 Å². The van der Waals surface area contributed by atoms with Gasteiger partial charge in [-0.25, -0.2) is 0 Å². The van der Waals surface area contributed by atoms with Crippen LogP contribution in [-0.2, 0) is 0 Å². The number of hydrogen-bond acceptors (Lipinski definition) is 2. The van der Waals surface area contributed by atoms with Crippen molar-refractivity contribution in [3.8, 4) is 11.1 Å². The SMILES string of the molecule is O=Cc1ccc(-c2ccccc2)c(=O)[nH]1. The second-order valence-corrected chi connectivity index (χ2v) is 3.14. The maximum atomic E-state index is 11.6. The maximum absolute atomic E-state index is 11.6. The topological polar surface area (TPSA) is 49.9 Å². The third kappa shape index (κ3) is 1.86. The van der Waals surface area contributed by atoms with Gasteiger partial charge in [0.1, 0.15) is 0 Å². The summed E-state index contributed by atoms with van der Waals surface area (Å²) in [5.41, 5.74) is 1.46. The molecule has 0 atom stereocenters. The molecule has 0 radical (unpaired) electrons. The van der Waals surface area contributed by atoms with Gasteiger partial charge in [-0.3, -0.25) is 9.59 Å². The Bertz CT molecular complexity index is 529. The van der Waals surface area contributed by atoms with Gasteiger partial charge in [0.15, 0.2) is 6.29 Å². The molecular formula is C12H9NO2. The highest BCUT2D eigenvalue weighted by molar-refractivity contribution is 5.73. The molecule has 0 saturated heterocycles. The normalized spacial score (nSPS) is 9.87. The second kappa shape index (κ2) is 3.92. The summed E-state index contributed by atoms with van der Waals surface area (Å²) in [4.78, 5) is 24.5. The number of aromatic amines is 1. The molecule has 0 unspecified atom stereocenters. The number of aromatic nitrogens is 1. The highest BCUT2D eigenvalue weighted by Crippen LogP contribution is 2.13. The fourth-order valence-corrected chi connectivity index (χ4v) is 1.40. The standard InChI is InChI=1S/C12H9NO2/c14-8-10-6-7-11(12(15)13-10)9-4-2-1-3-5-9/h1-8H,(H,13,15). The van der Waals surface area contributed by atoms with Gasteiger partial charge in [0.25, 0.3) is 5.56 Å².